The molecule has 0 aromatic heterocycles. The lowest BCUT2D eigenvalue weighted by molar-refractivity contribution is -0.158. The molecule has 114 valence electrons. The zero-order valence-electron chi connectivity index (χ0n) is 11.7. The third-order valence-electron chi connectivity index (χ3n) is 3.68. The van der Waals surface area contributed by atoms with Gasteiger partial charge in [-0.25, -0.2) is 0 Å². The van der Waals surface area contributed by atoms with Crippen molar-refractivity contribution in [2.75, 3.05) is 26.4 Å². The summed E-state index contributed by atoms with van der Waals surface area (Å²) in [5, 5.41) is 0. The third-order valence-corrected chi connectivity index (χ3v) is 3.68. The van der Waals surface area contributed by atoms with E-state index in [1.807, 2.05) is 6.08 Å². The van der Waals surface area contributed by atoms with Crippen molar-refractivity contribution in [3.05, 3.63) is 24.3 Å². The van der Waals surface area contributed by atoms with E-state index >= 15 is 0 Å². The second-order valence-corrected chi connectivity index (χ2v) is 5.46. The van der Waals surface area contributed by atoms with E-state index in [9.17, 15) is 9.59 Å². The summed E-state index contributed by atoms with van der Waals surface area (Å²) in [5.41, 5.74) is 0.670. The molecule has 4 atom stereocenters. The van der Waals surface area contributed by atoms with Gasteiger partial charge in [0.05, 0.1) is 25.0 Å². The highest BCUT2D eigenvalue weighted by atomic mass is 16.6. The standard InChI is InChI=1S/C15H18O6/c1-9-3-2-4-12(14(16)20-7-10-5-18-10)13(9)15(17)21-8-11-6-19-11/h2,4,10-13H,1,3,5-8H2. The number of carbonyl (C=O) groups is 2. The van der Waals surface area contributed by atoms with Crippen molar-refractivity contribution in [2.24, 2.45) is 11.8 Å². The van der Waals surface area contributed by atoms with E-state index in [4.69, 9.17) is 18.9 Å². The van der Waals surface area contributed by atoms with E-state index in [0.29, 0.717) is 25.2 Å². The molecule has 21 heavy (non-hydrogen) atoms. The molecule has 2 fully saturated rings. The fraction of sp³-hybridized carbons (Fsp3) is 0.600. The minimum atomic E-state index is -0.679. The average Bonchev–Trinajstić information content (AvgIpc) is 3.36. The zero-order chi connectivity index (χ0) is 14.8. The first-order valence-electron chi connectivity index (χ1n) is 7.06. The van der Waals surface area contributed by atoms with E-state index in [1.54, 1.807) is 6.08 Å². The molecule has 6 nitrogen and oxygen atoms in total. The number of allylic oxidation sites excluding steroid dienone is 1. The molecule has 3 aliphatic rings. The van der Waals surface area contributed by atoms with Crippen molar-refractivity contribution in [3.63, 3.8) is 0 Å². The van der Waals surface area contributed by atoms with Crippen LogP contribution in [0.25, 0.3) is 0 Å². The smallest absolute Gasteiger partial charge is 0.314 e. The van der Waals surface area contributed by atoms with Crippen LogP contribution in [0.2, 0.25) is 0 Å². The molecule has 0 aromatic rings. The number of hydrogen-bond donors (Lipinski definition) is 0. The fourth-order valence-electron chi connectivity index (χ4n) is 2.25. The Morgan fingerprint density at radius 1 is 1.14 bits per heavy atom. The quantitative estimate of drug-likeness (QED) is 0.406. The molecule has 3 rings (SSSR count). The van der Waals surface area contributed by atoms with Gasteiger partial charge in [-0.15, -0.1) is 0 Å². The zero-order valence-corrected chi connectivity index (χ0v) is 11.7. The number of ether oxygens (including phenoxy) is 4. The van der Waals surface area contributed by atoms with E-state index in [1.165, 1.54) is 0 Å². The van der Waals surface area contributed by atoms with Gasteiger partial charge in [-0.1, -0.05) is 24.3 Å². The maximum Gasteiger partial charge on any atom is 0.314 e. The van der Waals surface area contributed by atoms with Crippen LogP contribution in [0.4, 0.5) is 0 Å². The van der Waals surface area contributed by atoms with Crippen molar-refractivity contribution in [3.8, 4) is 0 Å². The minimum Gasteiger partial charge on any atom is -0.462 e. The van der Waals surface area contributed by atoms with Crippen LogP contribution in [0, 0.1) is 11.8 Å². The second-order valence-electron chi connectivity index (χ2n) is 5.46. The molecule has 0 saturated carbocycles. The molecule has 1 aliphatic carbocycles. The largest absolute Gasteiger partial charge is 0.462 e. The van der Waals surface area contributed by atoms with Crippen LogP contribution in [-0.4, -0.2) is 50.6 Å². The highest BCUT2D eigenvalue weighted by molar-refractivity contribution is 5.86. The Kier molecular flexibility index (Phi) is 4.07. The van der Waals surface area contributed by atoms with E-state index in [0.717, 1.165) is 0 Å². The van der Waals surface area contributed by atoms with Gasteiger partial charge < -0.3 is 18.9 Å². The number of carbonyl (C=O) groups excluding carboxylic acids is 2. The van der Waals surface area contributed by atoms with Gasteiger partial charge in [0.15, 0.2) is 0 Å². The highest BCUT2D eigenvalue weighted by Gasteiger charge is 2.39. The third kappa shape index (κ3) is 3.71. The molecule has 0 amide bonds. The molecule has 0 aromatic carbocycles. The predicted octanol–water partition coefficient (Wildman–Crippen LogP) is 0.619. The summed E-state index contributed by atoms with van der Waals surface area (Å²) in [5.74, 6) is -2.23. The Balaban J connectivity index is 1.60. The van der Waals surface area contributed by atoms with Crippen LogP contribution in [0.3, 0.4) is 0 Å². The SMILES string of the molecule is C=C1CC=CC(C(=O)OCC2CO2)C1C(=O)OCC1CO1. The van der Waals surface area contributed by atoms with Crippen molar-refractivity contribution < 1.29 is 28.5 Å². The Morgan fingerprint density at radius 2 is 1.71 bits per heavy atom. The molecule has 2 saturated heterocycles. The number of esters is 2. The summed E-state index contributed by atoms with van der Waals surface area (Å²) in [7, 11) is 0. The van der Waals surface area contributed by atoms with Gasteiger partial charge in [0.2, 0.25) is 0 Å². The first-order valence-corrected chi connectivity index (χ1v) is 7.06. The van der Waals surface area contributed by atoms with Gasteiger partial charge in [-0.3, -0.25) is 9.59 Å². The van der Waals surface area contributed by atoms with Crippen LogP contribution >= 0.6 is 0 Å². The van der Waals surface area contributed by atoms with Crippen LogP contribution in [0.15, 0.2) is 24.3 Å². The van der Waals surface area contributed by atoms with Crippen molar-refractivity contribution in [1.29, 1.82) is 0 Å². The molecular formula is C15H18O6. The number of epoxide rings is 2. The normalized spacial score (nSPS) is 33.4. The van der Waals surface area contributed by atoms with E-state index in [2.05, 4.69) is 6.58 Å². The van der Waals surface area contributed by atoms with Gasteiger partial charge in [0.25, 0.3) is 0 Å². The molecule has 2 aliphatic heterocycles. The predicted molar refractivity (Wildman–Crippen MR) is 71.3 cm³/mol. The molecule has 0 radical (unpaired) electrons. The summed E-state index contributed by atoms with van der Waals surface area (Å²) in [6.45, 7) is 5.57. The Labute approximate surface area is 122 Å². The van der Waals surface area contributed by atoms with Crippen molar-refractivity contribution in [1.82, 2.24) is 0 Å². The summed E-state index contributed by atoms with van der Waals surface area (Å²) >= 11 is 0. The molecule has 0 N–H and O–H groups in total. The Bertz CT molecular complexity index is 475. The van der Waals surface area contributed by atoms with Gasteiger partial charge in [0.1, 0.15) is 25.4 Å². The first kappa shape index (κ1) is 14.3. The van der Waals surface area contributed by atoms with Gasteiger partial charge in [0, 0.05) is 0 Å². The van der Waals surface area contributed by atoms with Crippen molar-refractivity contribution >= 4 is 11.9 Å². The molecule has 6 heteroatoms. The lowest BCUT2D eigenvalue weighted by Gasteiger charge is -2.26. The van der Waals surface area contributed by atoms with Crippen LogP contribution in [-0.2, 0) is 28.5 Å². The Hall–Kier alpha value is -1.66. The summed E-state index contributed by atoms with van der Waals surface area (Å²) < 4.78 is 20.4. The van der Waals surface area contributed by atoms with Gasteiger partial charge in [-0.2, -0.15) is 0 Å². The van der Waals surface area contributed by atoms with Crippen molar-refractivity contribution in [2.45, 2.75) is 18.6 Å². The van der Waals surface area contributed by atoms with E-state index in [-0.39, 0.29) is 25.4 Å². The lowest BCUT2D eigenvalue weighted by atomic mass is 9.80. The fourth-order valence-corrected chi connectivity index (χ4v) is 2.25. The number of hydrogen-bond acceptors (Lipinski definition) is 6. The molecule has 0 bridgehead atoms. The summed E-state index contributed by atoms with van der Waals surface area (Å²) in [4.78, 5) is 24.3. The maximum absolute atomic E-state index is 12.2. The number of rotatable bonds is 6. The van der Waals surface area contributed by atoms with Crippen LogP contribution < -0.4 is 0 Å². The van der Waals surface area contributed by atoms with Crippen LogP contribution in [0.1, 0.15) is 6.42 Å². The molecule has 4 unspecified atom stereocenters. The van der Waals surface area contributed by atoms with E-state index < -0.39 is 23.8 Å². The Morgan fingerprint density at radius 3 is 2.29 bits per heavy atom. The maximum atomic E-state index is 12.2. The first-order chi connectivity index (χ1) is 10.1. The van der Waals surface area contributed by atoms with Gasteiger partial charge in [-0.05, 0) is 6.42 Å². The lowest BCUT2D eigenvalue weighted by Crippen LogP contribution is -2.35. The van der Waals surface area contributed by atoms with Gasteiger partial charge >= 0.3 is 11.9 Å². The van der Waals surface area contributed by atoms with Crippen LogP contribution in [0.5, 0.6) is 0 Å². The summed E-state index contributed by atoms with van der Waals surface area (Å²) in [6.07, 6.45) is 4.09. The molecule has 0 spiro atoms. The monoisotopic (exact) mass is 294 g/mol. The molecule has 2 heterocycles. The minimum absolute atomic E-state index is 0.00114. The molecular weight excluding hydrogens is 276 g/mol. The average molecular weight is 294 g/mol. The topological polar surface area (TPSA) is 77.7 Å². The summed E-state index contributed by atoms with van der Waals surface area (Å²) in [6, 6.07) is 0. The second kappa shape index (κ2) is 5.99. The highest BCUT2D eigenvalue weighted by Crippen LogP contribution is 2.31.